The van der Waals surface area contributed by atoms with Crippen molar-refractivity contribution in [1.29, 1.82) is 0 Å². The molecule has 0 aliphatic rings. The normalized spacial score (nSPS) is 13.8. The van der Waals surface area contributed by atoms with E-state index in [-0.39, 0.29) is 19.1 Å². The van der Waals surface area contributed by atoms with Gasteiger partial charge in [0, 0.05) is 6.42 Å². The molecule has 0 aromatic rings. The number of carbonyl (C=O) groups excluding carboxylic acids is 1. The van der Waals surface area contributed by atoms with Crippen LogP contribution in [0.15, 0.2) is 0 Å². The quantitative estimate of drug-likeness (QED) is 0.0318. The van der Waals surface area contributed by atoms with E-state index >= 15 is 0 Å². The molecule has 0 heterocycles. The molecule has 0 saturated heterocycles. The lowest BCUT2D eigenvalue weighted by molar-refractivity contribution is -0.870. The summed E-state index contributed by atoms with van der Waals surface area (Å²) >= 11 is 0. The van der Waals surface area contributed by atoms with Gasteiger partial charge in [0.2, 0.25) is 5.91 Å². The Morgan fingerprint density at radius 1 is 0.429 bits per heavy atom. The number of hydrogen-bond acceptors (Lipinski definition) is 5. The standard InChI is InChI=1S/C61H125N2O6P/c1-6-8-10-12-14-16-18-20-21-22-23-24-25-26-27-28-29-30-31-32-33-34-35-36-37-38-39-40-41-42-43-45-47-49-51-53-55-61(65)62-59(58-69-70(66,67)68-57-56-63(3,4)5)60(64)54-52-50-48-46-44-19-17-15-13-11-9-7-2/h59-60,64H,6-58H2,1-5H3,(H-,62,65,66,67)/p+1. The lowest BCUT2D eigenvalue weighted by Crippen LogP contribution is -2.46. The first-order valence-electron chi connectivity index (χ1n) is 31.4. The SMILES string of the molecule is CCCCCCCCCCCCCCCCCCCCCCCCCCCCCCCCCCCCCCC(=O)NC(COP(=O)(O)OCC[N+](C)(C)C)C(O)CCCCCCCCCCCCCC. The number of carbonyl (C=O) groups is 1. The maximum atomic E-state index is 13.0. The number of aliphatic hydroxyl groups is 1. The number of likely N-dealkylation sites (N-methyl/N-ethyl adjacent to an activating group) is 1. The molecule has 0 fully saturated rings. The van der Waals surface area contributed by atoms with Gasteiger partial charge in [0.05, 0.1) is 39.9 Å². The molecule has 420 valence electrons. The number of quaternary nitrogens is 1. The fourth-order valence-corrected chi connectivity index (χ4v) is 10.7. The number of hydrogen-bond donors (Lipinski definition) is 3. The number of rotatable bonds is 59. The fraction of sp³-hybridized carbons (Fsp3) is 0.984. The van der Waals surface area contributed by atoms with Crippen LogP contribution in [0.2, 0.25) is 0 Å². The summed E-state index contributed by atoms with van der Waals surface area (Å²) < 4.78 is 23.7. The minimum Gasteiger partial charge on any atom is -0.391 e. The fourth-order valence-electron chi connectivity index (χ4n) is 9.93. The third kappa shape index (κ3) is 55.3. The van der Waals surface area contributed by atoms with E-state index in [1.165, 1.54) is 270 Å². The number of phosphoric ester groups is 1. The average Bonchev–Trinajstić information content (AvgIpc) is 3.32. The first-order valence-corrected chi connectivity index (χ1v) is 32.9. The summed E-state index contributed by atoms with van der Waals surface area (Å²) in [6.45, 7) is 4.93. The highest BCUT2D eigenvalue weighted by atomic mass is 31.2. The zero-order chi connectivity index (χ0) is 51.3. The van der Waals surface area contributed by atoms with Gasteiger partial charge in [-0.15, -0.1) is 0 Å². The molecule has 3 N–H and O–H groups in total. The van der Waals surface area contributed by atoms with Gasteiger partial charge in [-0.3, -0.25) is 13.8 Å². The summed E-state index contributed by atoms with van der Waals surface area (Å²) in [7, 11) is 1.64. The molecule has 3 unspecified atom stereocenters. The van der Waals surface area contributed by atoms with Crippen molar-refractivity contribution < 1.29 is 32.9 Å². The molecule has 3 atom stereocenters. The summed E-state index contributed by atoms with van der Waals surface area (Å²) in [5.41, 5.74) is 0. The molecule has 1 amide bonds. The molecule has 0 saturated carbocycles. The van der Waals surface area contributed by atoms with Gasteiger partial charge in [0.15, 0.2) is 0 Å². The van der Waals surface area contributed by atoms with Crippen molar-refractivity contribution in [3.05, 3.63) is 0 Å². The molecule has 0 radical (unpaired) electrons. The van der Waals surface area contributed by atoms with Crippen LogP contribution in [0.1, 0.15) is 335 Å². The van der Waals surface area contributed by atoms with Gasteiger partial charge in [0.25, 0.3) is 0 Å². The summed E-state index contributed by atoms with van der Waals surface area (Å²) in [6.07, 6.45) is 64.9. The number of aliphatic hydroxyl groups excluding tert-OH is 1. The van der Waals surface area contributed by atoms with Crippen LogP contribution < -0.4 is 5.32 Å². The van der Waals surface area contributed by atoms with Gasteiger partial charge in [-0.25, -0.2) is 4.57 Å². The summed E-state index contributed by atoms with van der Waals surface area (Å²) in [4.78, 5) is 23.3. The van der Waals surface area contributed by atoms with Crippen molar-refractivity contribution >= 4 is 13.7 Å². The number of nitrogens with one attached hydrogen (secondary N) is 1. The topological polar surface area (TPSA) is 105 Å². The molecule has 0 spiro atoms. The Labute approximate surface area is 438 Å². The Morgan fingerprint density at radius 3 is 0.957 bits per heavy atom. The molecule has 0 aromatic carbocycles. The Balaban J connectivity index is 3.83. The van der Waals surface area contributed by atoms with Crippen LogP contribution >= 0.6 is 7.82 Å². The minimum absolute atomic E-state index is 0.0788. The van der Waals surface area contributed by atoms with Crippen molar-refractivity contribution in [2.75, 3.05) is 40.9 Å². The van der Waals surface area contributed by atoms with Crippen LogP contribution in [0.3, 0.4) is 0 Å². The highest BCUT2D eigenvalue weighted by molar-refractivity contribution is 7.47. The highest BCUT2D eigenvalue weighted by Gasteiger charge is 2.28. The lowest BCUT2D eigenvalue weighted by atomic mass is 10.0. The van der Waals surface area contributed by atoms with E-state index in [2.05, 4.69) is 19.2 Å². The van der Waals surface area contributed by atoms with Crippen LogP contribution in [0, 0.1) is 0 Å². The van der Waals surface area contributed by atoms with Crippen LogP contribution in [0.25, 0.3) is 0 Å². The lowest BCUT2D eigenvalue weighted by Gasteiger charge is -2.26. The molecule has 0 aromatic heterocycles. The van der Waals surface area contributed by atoms with Crippen molar-refractivity contribution in [1.82, 2.24) is 5.32 Å². The van der Waals surface area contributed by atoms with Crippen molar-refractivity contribution in [2.24, 2.45) is 0 Å². The summed E-state index contributed by atoms with van der Waals surface area (Å²) in [5.74, 6) is -0.137. The van der Waals surface area contributed by atoms with E-state index in [9.17, 15) is 19.4 Å². The Bertz CT molecular complexity index is 1100. The summed E-state index contributed by atoms with van der Waals surface area (Å²) in [5, 5.41) is 14.0. The molecule has 0 aliphatic carbocycles. The van der Waals surface area contributed by atoms with E-state index in [4.69, 9.17) is 9.05 Å². The van der Waals surface area contributed by atoms with Crippen LogP contribution in [0.4, 0.5) is 0 Å². The van der Waals surface area contributed by atoms with E-state index in [1.54, 1.807) is 0 Å². The third-order valence-corrected chi connectivity index (χ3v) is 15.8. The Kier molecular flexibility index (Phi) is 52.9. The first-order chi connectivity index (χ1) is 34.0. The van der Waals surface area contributed by atoms with Gasteiger partial charge in [-0.1, -0.05) is 316 Å². The highest BCUT2D eigenvalue weighted by Crippen LogP contribution is 2.43. The van der Waals surface area contributed by atoms with E-state index in [0.717, 1.165) is 38.5 Å². The van der Waals surface area contributed by atoms with E-state index in [1.807, 2.05) is 21.1 Å². The van der Waals surface area contributed by atoms with Crippen molar-refractivity contribution in [3.8, 4) is 0 Å². The van der Waals surface area contributed by atoms with Gasteiger partial charge in [-0.05, 0) is 12.8 Å². The Hall–Kier alpha value is -0.500. The van der Waals surface area contributed by atoms with E-state index in [0.29, 0.717) is 23.9 Å². The first kappa shape index (κ1) is 69.5. The molecule has 70 heavy (non-hydrogen) atoms. The molecular formula is C61H126N2O6P+. The van der Waals surface area contributed by atoms with Crippen molar-refractivity contribution in [3.63, 3.8) is 0 Å². The zero-order valence-electron chi connectivity index (χ0n) is 48.1. The van der Waals surface area contributed by atoms with Crippen LogP contribution in [-0.2, 0) is 18.4 Å². The molecular weight excluding hydrogens is 888 g/mol. The monoisotopic (exact) mass is 1010 g/mol. The van der Waals surface area contributed by atoms with E-state index < -0.39 is 20.0 Å². The molecule has 0 bridgehead atoms. The Morgan fingerprint density at radius 2 is 0.686 bits per heavy atom. The van der Waals surface area contributed by atoms with Crippen LogP contribution in [0.5, 0.6) is 0 Å². The number of nitrogens with zero attached hydrogens (tertiary/aromatic N) is 1. The van der Waals surface area contributed by atoms with Crippen LogP contribution in [-0.4, -0.2) is 73.4 Å². The van der Waals surface area contributed by atoms with Crippen molar-refractivity contribution in [2.45, 2.75) is 347 Å². The second-order valence-electron chi connectivity index (χ2n) is 23.2. The number of phosphoric acid groups is 1. The minimum atomic E-state index is -4.31. The molecule has 8 nitrogen and oxygen atoms in total. The molecule has 0 aliphatic heterocycles. The third-order valence-electron chi connectivity index (χ3n) is 14.9. The average molecular weight is 1010 g/mol. The largest absolute Gasteiger partial charge is 0.472 e. The summed E-state index contributed by atoms with van der Waals surface area (Å²) in [6, 6.07) is -0.754. The maximum absolute atomic E-state index is 13.0. The molecule has 9 heteroatoms. The van der Waals surface area contributed by atoms with Gasteiger partial charge in [-0.2, -0.15) is 0 Å². The predicted octanol–water partition coefficient (Wildman–Crippen LogP) is 19.2. The molecule has 0 rings (SSSR count). The van der Waals surface area contributed by atoms with Gasteiger partial charge >= 0.3 is 7.82 Å². The maximum Gasteiger partial charge on any atom is 0.472 e. The second kappa shape index (κ2) is 53.3. The smallest absolute Gasteiger partial charge is 0.391 e. The van der Waals surface area contributed by atoms with Gasteiger partial charge < -0.3 is 19.8 Å². The number of unbranched alkanes of at least 4 members (excludes halogenated alkanes) is 46. The predicted molar refractivity (Wildman–Crippen MR) is 305 cm³/mol. The zero-order valence-corrected chi connectivity index (χ0v) is 48.9. The van der Waals surface area contributed by atoms with Gasteiger partial charge in [0.1, 0.15) is 13.2 Å². The second-order valence-corrected chi connectivity index (χ2v) is 24.6. The number of amides is 1.